The molecule has 0 radical (unpaired) electrons. The molecule has 1 aliphatic rings. The van der Waals surface area contributed by atoms with E-state index in [1.807, 2.05) is 13.0 Å². The van der Waals surface area contributed by atoms with Crippen molar-refractivity contribution in [3.05, 3.63) is 59.6 Å². The van der Waals surface area contributed by atoms with Crippen molar-refractivity contribution in [2.24, 2.45) is 10.9 Å². The Labute approximate surface area is 207 Å². The van der Waals surface area contributed by atoms with Crippen LogP contribution in [0.25, 0.3) is 17.1 Å². The number of Topliss-reactive ketones (excluding diaryl/α,β-unsaturated/α-hetero) is 1. The number of aliphatic hydroxyl groups excluding tert-OH is 1. The molecule has 0 aliphatic carbocycles. The zero-order valence-electron chi connectivity index (χ0n) is 20.0. The van der Waals surface area contributed by atoms with Crippen molar-refractivity contribution in [2.45, 2.75) is 13.8 Å². The van der Waals surface area contributed by atoms with E-state index in [-0.39, 0.29) is 31.5 Å². The third-order valence-electron chi connectivity index (χ3n) is 5.39. The minimum atomic E-state index is -1.29. The predicted molar refractivity (Wildman–Crippen MR) is 132 cm³/mol. The Morgan fingerprint density at radius 3 is 2.92 bits per heavy atom. The van der Waals surface area contributed by atoms with E-state index in [0.29, 0.717) is 35.9 Å². The molecule has 0 amide bonds. The highest BCUT2D eigenvalue weighted by molar-refractivity contribution is 6.27. The summed E-state index contributed by atoms with van der Waals surface area (Å²) in [6.45, 7) is 4.52. The van der Waals surface area contributed by atoms with E-state index in [9.17, 15) is 9.59 Å². The molecule has 0 saturated carbocycles. The van der Waals surface area contributed by atoms with Crippen molar-refractivity contribution >= 4 is 40.4 Å². The number of aliphatic hydroxyl groups is 1. The van der Waals surface area contributed by atoms with Crippen molar-refractivity contribution < 1.29 is 33.6 Å². The van der Waals surface area contributed by atoms with Crippen molar-refractivity contribution in [1.82, 2.24) is 9.97 Å². The molecule has 0 spiro atoms. The normalized spacial score (nSPS) is 17.6. The smallest absolute Gasteiger partial charge is 0.326 e. The van der Waals surface area contributed by atoms with Gasteiger partial charge < -0.3 is 29.0 Å². The second-order valence-corrected chi connectivity index (χ2v) is 7.89. The standard InChI is InChI=1S/C26H27N3O7/c1-3-34-26(32)22-23(31)21(14-17-15-28-24-19(17)5-4-8-27-24)36-25(22)29-20-7-6-18(13-16(20)2)35-12-11-33-10-9-30/h4-8,13-15,22,30H,3,9-12H2,1-2H3,(H,27,28)/b21-14-,29-25?. The van der Waals surface area contributed by atoms with Gasteiger partial charge in [-0.25, -0.2) is 9.98 Å². The lowest BCUT2D eigenvalue weighted by Gasteiger charge is -2.10. The number of carbonyl (C=O) groups excluding carboxylic acids is 2. The second-order valence-electron chi connectivity index (χ2n) is 7.89. The number of ether oxygens (including phenoxy) is 4. The fraction of sp³-hybridized carbons (Fsp3) is 0.308. The lowest BCUT2D eigenvalue weighted by molar-refractivity contribution is -0.147. The zero-order chi connectivity index (χ0) is 25.5. The van der Waals surface area contributed by atoms with Gasteiger partial charge in [0.1, 0.15) is 18.0 Å². The van der Waals surface area contributed by atoms with Gasteiger partial charge in [0, 0.05) is 23.3 Å². The summed E-state index contributed by atoms with van der Waals surface area (Å²) >= 11 is 0. The number of benzene rings is 1. The van der Waals surface area contributed by atoms with E-state index in [1.54, 1.807) is 49.7 Å². The number of aromatic nitrogens is 2. The average molecular weight is 494 g/mol. The van der Waals surface area contributed by atoms with Crippen LogP contribution < -0.4 is 4.74 Å². The molecule has 188 valence electrons. The number of ketones is 1. The summed E-state index contributed by atoms with van der Waals surface area (Å²) in [5.74, 6) is -1.97. The number of hydrogen-bond donors (Lipinski definition) is 2. The lowest BCUT2D eigenvalue weighted by Crippen LogP contribution is -2.27. The maximum absolute atomic E-state index is 13.2. The Hall–Kier alpha value is -4.02. The maximum Gasteiger partial charge on any atom is 0.326 e. The number of fused-ring (bicyclic) bond motifs is 1. The van der Waals surface area contributed by atoms with Crippen molar-refractivity contribution in [3.8, 4) is 5.75 Å². The molecule has 3 aromatic rings. The molecule has 2 N–H and O–H groups in total. The number of esters is 1. The first-order valence-electron chi connectivity index (χ1n) is 11.5. The highest BCUT2D eigenvalue weighted by Crippen LogP contribution is 2.31. The zero-order valence-corrected chi connectivity index (χ0v) is 20.0. The van der Waals surface area contributed by atoms with Gasteiger partial charge in [0.15, 0.2) is 11.7 Å². The summed E-state index contributed by atoms with van der Waals surface area (Å²) in [6, 6.07) is 8.90. The van der Waals surface area contributed by atoms with Crippen LogP contribution in [-0.2, 0) is 23.8 Å². The number of nitrogens with one attached hydrogen (secondary N) is 1. The molecule has 1 atom stereocenters. The van der Waals surface area contributed by atoms with Gasteiger partial charge in [-0.3, -0.25) is 9.59 Å². The number of aliphatic imine (C=N–C) groups is 1. The first-order chi connectivity index (χ1) is 17.5. The predicted octanol–water partition coefficient (Wildman–Crippen LogP) is 3.11. The third-order valence-corrected chi connectivity index (χ3v) is 5.39. The molecular weight excluding hydrogens is 466 g/mol. The number of rotatable bonds is 10. The molecular formula is C26H27N3O7. The summed E-state index contributed by atoms with van der Waals surface area (Å²) in [5, 5.41) is 9.55. The quantitative estimate of drug-likeness (QED) is 0.191. The molecule has 10 nitrogen and oxygen atoms in total. The molecule has 1 unspecified atom stereocenters. The summed E-state index contributed by atoms with van der Waals surface area (Å²) in [7, 11) is 0. The highest BCUT2D eigenvalue weighted by atomic mass is 16.5. The minimum absolute atomic E-state index is 0.00274. The largest absolute Gasteiger partial charge is 0.491 e. The number of allylic oxidation sites excluding steroid dienone is 1. The van der Waals surface area contributed by atoms with Gasteiger partial charge in [-0.1, -0.05) is 0 Å². The first kappa shape index (κ1) is 25.1. The molecule has 10 heteroatoms. The number of hydrogen-bond acceptors (Lipinski definition) is 9. The first-order valence-corrected chi connectivity index (χ1v) is 11.5. The summed E-state index contributed by atoms with van der Waals surface area (Å²) in [6.07, 6.45) is 4.95. The Kier molecular flexibility index (Phi) is 8.09. The van der Waals surface area contributed by atoms with Gasteiger partial charge in [-0.05, 0) is 55.8 Å². The van der Waals surface area contributed by atoms with Gasteiger partial charge in [-0.2, -0.15) is 0 Å². The van der Waals surface area contributed by atoms with Gasteiger partial charge in [0.2, 0.25) is 11.7 Å². The van der Waals surface area contributed by atoms with Crippen LogP contribution in [0.2, 0.25) is 0 Å². The Morgan fingerprint density at radius 1 is 1.28 bits per heavy atom. The van der Waals surface area contributed by atoms with Crippen LogP contribution in [-0.4, -0.2) is 65.8 Å². The third kappa shape index (κ3) is 5.61. The van der Waals surface area contributed by atoms with Gasteiger partial charge in [0.05, 0.1) is 32.1 Å². The van der Waals surface area contributed by atoms with Crippen LogP contribution in [0.4, 0.5) is 5.69 Å². The highest BCUT2D eigenvalue weighted by Gasteiger charge is 2.44. The lowest BCUT2D eigenvalue weighted by atomic mass is 10.0. The topological polar surface area (TPSA) is 132 Å². The fourth-order valence-electron chi connectivity index (χ4n) is 3.68. The molecule has 1 saturated heterocycles. The Bertz CT molecular complexity index is 1310. The van der Waals surface area contributed by atoms with Crippen LogP contribution >= 0.6 is 0 Å². The van der Waals surface area contributed by atoms with E-state index in [0.717, 1.165) is 10.9 Å². The number of carbonyl (C=O) groups is 2. The van der Waals surface area contributed by atoms with E-state index < -0.39 is 17.7 Å². The summed E-state index contributed by atoms with van der Waals surface area (Å²) in [4.78, 5) is 37.6. The van der Waals surface area contributed by atoms with Crippen LogP contribution in [0.15, 0.2) is 53.5 Å². The second kappa shape index (κ2) is 11.6. The van der Waals surface area contributed by atoms with Crippen LogP contribution in [0.1, 0.15) is 18.1 Å². The van der Waals surface area contributed by atoms with E-state index >= 15 is 0 Å². The Morgan fingerprint density at radius 2 is 2.14 bits per heavy atom. The molecule has 3 heterocycles. The molecule has 1 aliphatic heterocycles. The molecule has 2 aromatic heterocycles. The van der Waals surface area contributed by atoms with Gasteiger partial charge in [0.25, 0.3) is 0 Å². The number of nitrogens with zero attached hydrogens (tertiary/aromatic N) is 2. The minimum Gasteiger partial charge on any atom is -0.491 e. The SMILES string of the molecule is CCOC(=O)C1C(=O)/C(=C/c2c[nH]c3ncccc23)OC1=Nc1ccc(OCCOCCO)cc1C. The van der Waals surface area contributed by atoms with Crippen LogP contribution in [0, 0.1) is 12.8 Å². The molecule has 36 heavy (non-hydrogen) atoms. The van der Waals surface area contributed by atoms with Crippen molar-refractivity contribution in [2.75, 3.05) is 33.0 Å². The number of pyridine rings is 1. The molecule has 1 fully saturated rings. The van der Waals surface area contributed by atoms with E-state index in [2.05, 4.69) is 15.0 Å². The average Bonchev–Trinajstić information content (AvgIpc) is 3.41. The monoisotopic (exact) mass is 493 g/mol. The Balaban J connectivity index is 1.59. The number of H-pyrrole nitrogens is 1. The summed E-state index contributed by atoms with van der Waals surface area (Å²) < 4.78 is 21.8. The van der Waals surface area contributed by atoms with Crippen LogP contribution in [0.3, 0.4) is 0 Å². The number of aryl methyl sites for hydroxylation is 1. The van der Waals surface area contributed by atoms with Crippen molar-refractivity contribution in [1.29, 1.82) is 0 Å². The van der Waals surface area contributed by atoms with Crippen LogP contribution in [0.5, 0.6) is 5.75 Å². The van der Waals surface area contributed by atoms with Crippen molar-refractivity contribution in [3.63, 3.8) is 0 Å². The molecule has 1 aromatic carbocycles. The van der Waals surface area contributed by atoms with Gasteiger partial charge >= 0.3 is 5.97 Å². The maximum atomic E-state index is 13.2. The van der Waals surface area contributed by atoms with E-state index in [1.165, 1.54) is 0 Å². The number of aromatic amines is 1. The fourth-order valence-corrected chi connectivity index (χ4v) is 3.68. The molecule has 4 rings (SSSR count). The summed E-state index contributed by atoms with van der Waals surface area (Å²) in [5.41, 5.74) is 2.65. The van der Waals surface area contributed by atoms with E-state index in [4.69, 9.17) is 24.1 Å². The van der Waals surface area contributed by atoms with Gasteiger partial charge in [-0.15, -0.1) is 0 Å². The molecule has 0 bridgehead atoms.